The average molecular weight is 293 g/mol. The molecule has 0 amide bonds. The second-order valence-electron chi connectivity index (χ2n) is 5.55. The number of nitro benzene ring substituents is 1. The van der Waals surface area contributed by atoms with Gasteiger partial charge in [-0.2, -0.15) is 0 Å². The number of benzene rings is 2. The summed E-state index contributed by atoms with van der Waals surface area (Å²) in [4.78, 5) is 14.1. The van der Waals surface area contributed by atoms with Crippen LogP contribution in [0.15, 0.2) is 48.5 Å². The lowest BCUT2D eigenvalue weighted by Gasteiger charge is -2.24. The largest absolute Gasteiger partial charge is 0.357 e. The Morgan fingerprint density at radius 2 is 2.00 bits per heavy atom. The van der Waals surface area contributed by atoms with Gasteiger partial charge in [-0.05, 0) is 23.6 Å². The second kappa shape index (κ2) is 4.96. The van der Waals surface area contributed by atoms with Crippen molar-refractivity contribution in [3.63, 3.8) is 0 Å². The summed E-state index contributed by atoms with van der Waals surface area (Å²) in [6, 6.07) is 15.1. The van der Waals surface area contributed by atoms with Crippen LogP contribution in [0.5, 0.6) is 0 Å². The number of hydrogen-bond acceptors (Lipinski definition) is 3. The molecular formula is C17H15N3O2. The summed E-state index contributed by atoms with van der Waals surface area (Å²) < 4.78 is 0. The third-order valence-corrected chi connectivity index (χ3v) is 4.27. The Bertz CT molecular complexity index is 869. The number of nitro groups is 1. The Morgan fingerprint density at radius 3 is 2.86 bits per heavy atom. The van der Waals surface area contributed by atoms with Crippen molar-refractivity contribution in [2.24, 2.45) is 0 Å². The highest BCUT2D eigenvalue weighted by Crippen LogP contribution is 2.34. The first-order valence-corrected chi connectivity index (χ1v) is 7.31. The molecule has 1 unspecified atom stereocenters. The van der Waals surface area contributed by atoms with Crippen molar-refractivity contribution in [2.75, 3.05) is 6.54 Å². The van der Waals surface area contributed by atoms with Gasteiger partial charge in [0.15, 0.2) is 0 Å². The molecule has 22 heavy (non-hydrogen) atoms. The van der Waals surface area contributed by atoms with Crippen LogP contribution in [0.2, 0.25) is 0 Å². The van der Waals surface area contributed by atoms with Gasteiger partial charge < -0.3 is 10.3 Å². The van der Waals surface area contributed by atoms with Crippen LogP contribution in [0.4, 0.5) is 5.69 Å². The molecule has 2 N–H and O–H groups in total. The van der Waals surface area contributed by atoms with Crippen LogP contribution in [-0.2, 0) is 6.42 Å². The van der Waals surface area contributed by atoms with Gasteiger partial charge in [0.25, 0.3) is 5.69 Å². The zero-order valence-electron chi connectivity index (χ0n) is 11.9. The van der Waals surface area contributed by atoms with Crippen LogP contribution in [-0.4, -0.2) is 16.5 Å². The zero-order valence-corrected chi connectivity index (χ0v) is 11.9. The Labute approximate surface area is 127 Å². The van der Waals surface area contributed by atoms with E-state index in [4.69, 9.17) is 0 Å². The SMILES string of the molecule is O=[N+]([O-])c1cccc(C2NCCc3c2[nH]c2ccccc32)c1. The molecule has 0 saturated carbocycles. The highest BCUT2D eigenvalue weighted by Gasteiger charge is 2.25. The predicted octanol–water partition coefficient (Wildman–Crippen LogP) is 3.31. The maximum absolute atomic E-state index is 11.0. The predicted molar refractivity (Wildman–Crippen MR) is 84.9 cm³/mol. The lowest BCUT2D eigenvalue weighted by molar-refractivity contribution is -0.384. The Balaban J connectivity index is 1.85. The topological polar surface area (TPSA) is 71.0 Å². The number of hydrogen-bond donors (Lipinski definition) is 2. The highest BCUT2D eigenvalue weighted by molar-refractivity contribution is 5.85. The highest BCUT2D eigenvalue weighted by atomic mass is 16.6. The fourth-order valence-corrected chi connectivity index (χ4v) is 3.28. The Morgan fingerprint density at radius 1 is 1.14 bits per heavy atom. The summed E-state index contributed by atoms with van der Waals surface area (Å²) in [5, 5.41) is 15.7. The third-order valence-electron chi connectivity index (χ3n) is 4.27. The van der Waals surface area contributed by atoms with Crippen LogP contribution < -0.4 is 5.32 Å². The number of para-hydroxylation sites is 1. The van der Waals surface area contributed by atoms with E-state index < -0.39 is 0 Å². The number of nitrogens with zero attached hydrogens (tertiary/aromatic N) is 1. The number of H-pyrrole nitrogens is 1. The molecule has 5 nitrogen and oxygen atoms in total. The van der Waals surface area contributed by atoms with Crippen molar-refractivity contribution >= 4 is 16.6 Å². The van der Waals surface area contributed by atoms with Crippen molar-refractivity contribution in [1.82, 2.24) is 10.3 Å². The minimum atomic E-state index is -0.349. The Kier molecular flexibility index (Phi) is 2.94. The molecule has 2 heterocycles. The third kappa shape index (κ3) is 1.98. The van der Waals surface area contributed by atoms with Gasteiger partial charge in [0.05, 0.1) is 11.0 Å². The minimum Gasteiger partial charge on any atom is -0.357 e. The zero-order chi connectivity index (χ0) is 15.1. The summed E-state index contributed by atoms with van der Waals surface area (Å²) in [7, 11) is 0. The molecule has 1 aliphatic heterocycles. The summed E-state index contributed by atoms with van der Waals surface area (Å²) >= 11 is 0. The molecule has 110 valence electrons. The molecule has 0 radical (unpaired) electrons. The fourth-order valence-electron chi connectivity index (χ4n) is 3.28. The monoisotopic (exact) mass is 293 g/mol. The maximum atomic E-state index is 11.0. The van der Waals surface area contributed by atoms with Crippen LogP contribution >= 0.6 is 0 Å². The molecule has 3 aromatic rings. The molecule has 0 spiro atoms. The molecule has 0 saturated heterocycles. The van der Waals surface area contributed by atoms with Crippen LogP contribution in [0, 0.1) is 10.1 Å². The first-order valence-electron chi connectivity index (χ1n) is 7.31. The van der Waals surface area contributed by atoms with E-state index in [-0.39, 0.29) is 16.7 Å². The second-order valence-corrected chi connectivity index (χ2v) is 5.55. The lowest BCUT2D eigenvalue weighted by atomic mass is 9.94. The van der Waals surface area contributed by atoms with Crippen LogP contribution in [0.1, 0.15) is 22.9 Å². The molecule has 0 bridgehead atoms. The molecule has 0 aliphatic carbocycles. The van der Waals surface area contributed by atoms with E-state index in [1.165, 1.54) is 17.0 Å². The molecule has 1 aliphatic rings. The number of nitrogens with one attached hydrogen (secondary N) is 2. The normalized spacial score (nSPS) is 17.4. The maximum Gasteiger partial charge on any atom is 0.269 e. The van der Waals surface area contributed by atoms with Crippen molar-refractivity contribution in [2.45, 2.75) is 12.5 Å². The fraction of sp³-hybridized carbons (Fsp3) is 0.176. The molecule has 2 aromatic carbocycles. The summed E-state index contributed by atoms with van der Waals surface area (Å²) in [5.41, 5.74) is 4.59. The number of non-ortho nitro benzene ring substituents is 1. The molecule has 0 fully saturated rings. The molecule has 5 heteroatoms. The van der Waals surface area contributed by atoms with Gasteiger partial charge in [0.1, 0.15) is 0 Å². The van der Waals surface area contributed by atoms with E-state index >= 15 is 0 Å². The molecule has 4 rings (SSSR count). The van der Waals surface area contributed by atoms with E-state index in [1.54, 1.807) is 12.1 Å². The number of aromatic nitrogens is 1. The number of fused-ring (bicyclic) bond motifs is 3. The Hall–Kier alpha value is -2.66. The van der Waals surface area contributed by atoms with Gasteiger partial charge in [-0.3, -0.25) is 10.1 Å². The van der Waals surface area contributed by atoms with Gasteiger partial charge in [-0.25, -0.2) is 0 Å². The van der Waals surface area contributed by atoms with Gasteiger partial charge in [-0.15, -0.1) is 0 Å². The quantitative estimate of drug-likeness (QED) is 0.562. The number of aromatic amines is 1. The van der Waals surface area contributed by atoms with Crippen LogP contribution in [0.3, 0.4) is 0 Å². The smallest absolute Gasteiger partial charge is 0.269 e. The van der Waals surface area contributed by atoms with E-state index in [0.717, 1.165) is 29.7 Å². The molecule has 1 atom stereocenters. The number of rotatable bonds is 2. The van der Waals surface area contributed by atoms with Crippen LogP contribution in [0.25, 0.3) is 10.9 Å². The lowest BCUT2D eigenvalue weighted by Crippen LogP contribution is -2.30. The van der Waals surface area contributed by atoms with Crippen molar-refractivity contribution < 1.29 is 4.92 Å². The summed E-state index contributed by atoms with van der Waals surface area (Å²) in [5.74, 6) is 0. The van der Waals surface area contributed by atoms with Gasteiger partial charge in [0.2, 0.25) is 0 Å². The van der Waals surface area contributed by atoms with E-state index in [2.05, 4.69) is 22.4 Å². The standard InChI is InChI=1S/C17H15N3O2/c21-20(22)12-5-3-4-11(10-12)16-17-14(8-9-18-16)13-6-1-2-7-15(13)19-17/h1-7,10,16,18-19H,8-9H2. The van der Waals surface area contributed by atoms with Crippen molar-refractivity contribution in [3.8, 4) is 0 Å². The van der Waals surface area contributed by atoms with Gasteiger partial charge >= 0.3 is 0 Å². The minimum absolute atomic E-state index is 0.0314. The van der Waals surface area contributed by atoms with Crippen molar-refractivity contribution in [3.05, 3.63) is 75.5 Å². The van der Waals surface area contributed by atoms with E-state index in [1.807, 2.05) is 18.2 Å². The molecular weight excluding hydrogens is 278 g/mol. The van der Waals surface area contributed by atoms with Gasteiger partial charge in [0, 0.05) is 35.3 Å². The van der Waals surface area contributed by atoms with Crippen molar-refractivity contribution in [1.29, 1.82) is 0 Å². The average Bonchev–Trinajstić information content (AvgIpc) is 2.93. The van der Waals surface area contributed by atoms with E-state index in [9.17, 15) is 10.1 Å². The molecule has 1 aromatic heterocycles. The van der Waals surface area contributed by atoms with Gasteiger partial charge in [-0.1, -0.05) is 30.3 Å². The first kappa shape index (κ1) is 13.0. The summed E-state index contributed by atoms with van der Waals surface area (Å²) in [6.45, 7) is 0.863. The first-order chi connectivity index (χ1) is 10.7. The van der Waals surface area contributed by atoms with E-state index in [0.29, 0.717) is 0 Å². The summed E-state index contributed by atoms with van der Waals surface area (Å²) in [6.07, 6.45) is 0.963.